The number of halogens is 1. The molecular formula is C20H23ClN4O. The van der Waals surface area contributed by atoms with Crippen LogP contribution in [0.2, 0.25) is 5.02 Å². The third kappa shape index (κ3) is 3.70. The normalized spacial score (nSPS) is 22.6. The summed E-state index contributed by atoms with van der Waals surface area (Å²) in [6.07, 6.45) is 3.09. The summed E-state index contributed by atoms with van der Waals surface area (Å²) in [6, 6.07) is 15.6. The van der Waals surface area contributed by atoms with Gasteiger partial charge in [-0.15, -0.1) is 0 Å². The average Bonchev–Trinajstić information content (AvgIpc) is 3.34. The largest absolute Gasteiger partial charge is 0.370 e. The molecule has 0 bridgehead atoms. The third-order valence-corrected chi connectivity index (χ3v) is 5.31. The van der Waals surface area contributed by atoms with Crippen molar-refractivity contribution in [2.45, 2.75) is 31.3 Å². The monoisotopic (exact) mass is 370 g/mol. The van der Waals surface area contributed by atoms with Crippen LogP contribution in [-0.2, 0) is 4.79 Å². The van der Waals surface area contributed by atoms with E-state index in [9.17, 15) is 4.79 Å². The van der Waals surface area contributed by atoms with Crippen LogP contribution in [0.5, 0.6) is 0 Å². The topological polar surface area (TPSA) is 56.4 Å². The van der Waals surface area contributed by atoms with Gasteiger partial charge in [0.2, 0.25) is 5.91 Å². The first-order valence-corrected chi connectivity index (χ1v) is 9.50. The molecule has 6 heteroatoms. The van der Waals surface area contributed by atoms with Gasteiger partial charge in [-0.1, -0.05) is 35.9 Å². The van der Waals surface area contributed by atoms with Crippen LogP contribution >= 0.6 is 11.6 Å². The lowest BCUT2D eigenvalue weighted by atomic mass is 10.0. The van der Waals surface area contributed by atoms with Gasteiger partial charge in [0, 0.05) is 24.2 Å². The molecule has 1 amide bonds. The maximum atomic E-state index is 12.8. The molecule has 0 aromatic heterocycles. The number of carbonyl (C=O) groups excluding carboxylic acids is 1. The van der Waals surface area contributed by atoms with Crippen molar-refractivity contribution in [1.29, 1.82) is 0 Å². The Morgan fingerprint density at radius 1 is 1.08 bits per heavy atom. The second-order valence-electron chi connectivity index (χ2n) is 6.89. The minimum absolute atomic E-state index is 0.0197. The van der Waals surface area contributed by atoms with Gasteiger partial charge in [-0.3, -0.25) is 4.79 Å². The van der Waals surface area contributed by atoms with Crippen LogP contribution in [0.25, 0.3) is 0 Å². The highest BCUT2D eigenvalue weighted by molar-refractivity contribution is 6.30. The molecule has 2 fully saturated rings. The lowest BCUT2D eigenvalue weighted by Crippen LogP contribution is -2.39. The summed E-state index contributed by atoms with van der Waals surface area (Å²) < 4.78 is 0. The summed E-state index contributed by atoms with van der Waals surface area (Å²) in [6.45, 7) is 2.10. The van der Waals surface area contributed by atoms with E-state index in [1.54, 1.807) is 0 Å². The van der Waals surface area contributed by atoms with Gasteiger partial charge < -0.3 is 10.2 Å². The van der Waals surface area contributed by atoms with Crippen molar-refractivity contribution in [3.05, 3.63) is 59.1 Å². The maximum absolute atomic E-state index is 12.8. The van der Waals surface area contributed by atoms with Crippen molar-refractivity contribution < 1.29 is 4.79 Å². The Hall–Kier alpha value is -2.08. The van der Waals surface area contributed by atoms with E-state index in [-0.39, 0.29) is 18.0 Å². The standard InChI is InChI=1S/C20H23ClN4O/c21-15-7-5-6-14(12-15)17-13-18(24-23-17)20(26)22-16-8-1-2-9-19(16)25-10-3-4-11-25/h1-2,5-9,12,17-18,23-24H,3-4,10-11,13H2,(H,22,26). The molecule has 2 aromatic rings. The number of nitrogens with zero attached hydrogens (tertiary/aromatic N) is 1. The van der Waals surface area contributed by atoms with Crippen LogP contribution < -0.4 is 21.1 Å². The SMILES string of the molecule is O=C(Nc1ccccc1N1CCCC1)C1CC(c2cccc(Cl)c2)NN1. The van der Waals surface area contributed by atoms with E-state index < -0.39 is 0 Å². The fraction of sp³-hybridized carbons (Fsp3) is 0.350. The Morgan fingerprint density at radius 3 is 2.69 bits per heavy atom. The number of anilines is 2. The molecule has 26 heavy (non-hydrogen) atoms. The van der Waals surface area contributed by atoms with Crippen LogP contribution in [0.15, 0.2) is 48.5 Å². The summed E-state index contributed by atoms with van der Waals surface area (Å²) in [5.41, 5.74) is 9.39. The lowest BCUT2D eigenvalue weighted by Gasteiger charge is -2.22. The number of rotatable bonds is 4. The number of carbonyl (C=O) groups is 1. The molecule has 3 N–H and O–H groups in total. The molecule has 5 nitrogen and oxygen atoms in total. The van der Waals surface area contributed by atoms with Gasteiger partial charge in [0.05, 0.1) is 11.4 Å². The van der Waals surface area contributed by atoms with E-state index in [4.69, 9.17) is 11.6 Å². The Bertz CT molecular complexity index is 791. The molecule has 136 valence electrons. The molecule has 4 rings (SSSR count). The highest BCUT2D eigenvalue weighted by Crippen LogP contribution is 2.30. The minimum atomic E-state index is -0.286. The highest BCUT2D eigenvalue weighted by atomic mass is 35.5. The number of para-hydroxylation sites is 2. The fourth-order valence-corrected chi connectivity index (χ4v) is 3.90. The number of hydrazine groups is 1. The van der Waals surface area contributed by atoms with E-state index in [0.29, 0.717) is 11.4 Å². The molecule has 0 radical (unpaired) electrons. The Labute approximate surface area is 158 Å². The predicted molar refractivity (Wildman–Crippen MR) is 105 cm³/mol. The first-order chi connectivity index (χ1) is 12.7. The second kappa shape index (κ2) is 7.66. The number of hydrogen-bond donors (Lipinski definition) is 3. The van der Waals surface area contributed by atoms with E-state index in [2.05, 4.69) is 27.1 Å². The highest BCUT2D eigenvalue weighted by Gasteiger charge is 2.30. The van der Waals surface area contributed by atoms with E-state index in [0.717, 1.165) is 30.0 Å². The minimum Gasteiger partial charge on any atom is -0.370 e. The molecule has 2 aliphatic rings. The van der Waals surface area contributed by atoms with E-state index in [1.165, 1.54) is 12.8 Å². The number of benzene rings is 2. The Balaban J connectivity index is 1.43. The van der Waals surface area contributed by atoms with Gasteiger partial charge in [0.1, 0.15) is 6.04 Å². The van der Waals surface area contributed by atoms with Gasteiger partial charge in [0.15, 0.2) is 0 Å². The number of nitrogens with one attached hydrogen (secondary N) is 3. The molecule has 2 heterocycles. The van der Waals surface area contributed by atoms with Crippen LogP contribution in [0.1, 0.15) is 30.9 Å². The van der Waals surface area contributed by atoms with E-state index in [1.807, 2.05) is 42.5 Å². The van der Waals surface area contributed by atoms with Gasteiger partial charge in [-0.2, -0.15) is 0 Å². The molecule has 2 atom stereocenters. The Kier molecular flexibility index (Phi) is 5.11. The van der Waals surface area contributed by atoms with Crippen molar-refractivity contribution in [3.8, 4) is 0 Å². The second-order valence-corrected chi connectivity index (χ2v) is 7.32. The molecule has 2 aliphatic heterocycles. The van der Waals surface area contributed by atoms with Crippen molar-refractivity contribution >= 4 is 28.9 Å². The molecule has 2 aromatic carbocycles. The molecule has 0 aliphatic carbocycles. The summed E-state index contributed by atoms with van der Waals surface area (Å²) >= 11 is 6.08. The van der Waals surface area contributed by atoms with E-state index >= 15 is 0 Å². The molecule has 2 saturated heterocycles. The molecule has 0 saturated carbocycles. The van der Waals surface area contributed by atoms with Gasteiger partial charge >= 0.3 is 0 Å². The molecule has 0 spiro atoms. The fourth-order valence-electron chi connectivity index (χ4n) is 3.70. The van der Waals surface area contributed by atoms with Crippen molar-refractivity contribution in [3.63, 3.8) is 0 Å². The first-order valence-electron chi connectivity index (χ1n) is 9.12. The smallest absolute Gasteiger partial charge is 0.242 e. The average molecular weight is 371 g/mol. The summed E-state index contributed by atoms with van der Waals surface area (Å²) in [4.78, 5) is 15.1. The van der Waals surface area contributed by atoms with Crippen LogP contribution in [0, 0.1) is 0 Å². The molecule has 2 unspecified atom stereocenters. The maximum Gasteiger partial charge on any atom is 0.242 e. The van der Waals surface area contributed by atoms with Gasteiger partial charge in [-0.05, 0) is 49.1 Å². The van der Waals surface area contributed by atoms with Crippen molar-refractivity contribution in [2.75, 3.05) is 23.3 Å². The van der Waals surface area contributed by atoms with Crippen LogP contribution in [0.4, 0.5) is 11.4 Å². The summed E-state index contributed by atoms with van der Waals surface area (Å²) in [7, 11) is 0. The predicted octanol–water partition coefficient (Wildman–Crippen LogP) is 3.49. The quantitative estimate of drug-likeness (QED) is 0.771. The zero-order valence-electron chi connectivity index (χ0n) is 14.5. The number of hydrogen-bond acceptors (Lipinski definition) is 4. The summed E-state index contributed by atoms with van der Waals surface area (Å²) in [5.74, 6) is -0.0197. The lowest BCUT2D eigenvalue weighted by molar-refractivity contribution is -0.117. The van der Waals surface area contributed by atoms with Crippen molar-refractivity contribution in [1.82, 2.24) is 10.9 Å². The first kappa shape index (κ1) is 17.3. The van der Waals surface area contributed by atoms with Crippen LogP contribution in [-0.4, -0.2) is 25.0 Å². The van der Waals surface area contributed by atoms with Gasteiger partial charge in [-0.25, -0.2) is 10.9 Å². The third-order valence-electron chi connectivity index (χ3n) is 5.08. The summed E-state index contributed by atoms with van der Waals surface area (Å²) in [5, 5.41) is 3.81. The van der Waals surface area contributed by atoms with Gasteiger partial charge in [0.25, 0.3) is 0 Å². The number of amides is 1. The Morgan fingerprint density at radius 2 is 1.88 bits per heavy atom. The zero-order valence-corrected chi connectivity index (χ0v) is 15.3. The van der Waals surface area contributed by atoms with Crippen LogP contribution in [0.3, 0.4) is 0 Å². The zero-order chi connectivity index (χ0) is 17.9. The molecular weight excluding hydrogens is 348 g/mol. The van der Waals surface area contributed by atoms with Crippen molar-refractivity contribution in [2.24, 2.45) is 0 Å².